The monoisotopic (exact) mass is 397 g/mol. The smallest absolute Gasteiger partial charge is 0.193 e. The van der Waals surface area contributed by atoms with Crippen molar-refractivity contribution in [2.45, 2.75) is 57.7 Å². The van der Waals surface area contributed by atoms with E-state index in [0.717, 1.165) is 11.1 Å². The third-order valence-corrected chi connectivity index (χ3v) is 9.92. The van der Waals surface area contributed by atoms with Crippen LogP contribution in [0.4, 0.5) is 0 Å². The molecule has 4 heteroatoms. The summed E-state index contributed by atoms with van der Waals surface area (Å²) in [4.78, 5) is 0. The fraction of sp³-hybridized carbons (Fsp3) is 0.417. The van der Waals surface area contributed by atoms with Gasteiger partial charge in [0.15, 0.2) is 8.32 Å². The van der Waals surface area contributed by atoms with Gasteiger partial charge in [0.05, 0.1) is 25.5 Å². The highest BCUT2D eigenvalue weighted by Gasteiger charge is 2.40. The van der Waals surface area contributed by atoms with E-state index in [-0.39, 0.29) is 17.2 Å². The van der Waals surface area contributed by atoms with Gasteiger partial charge in [-0.15, -0.1) is 6.58 Å². The van der Waals surface area contributed by atoms with E-state index >= 15 is 0 Å². The predicted octanol–water partition coefficient (Wildman–Crippen LogP) is 6.07. The van der Waals surface area contributed by atoms with E-state index in [2.05, 4.69) is 82.2 Å². The summed E-state index contributed by atoms with van der Waals surface area (Å²) in [7, 11) is -1.96. The van der Waals surface area contributed by atoms with Crippen molar-refractivity contribution in [1.29, 1.82) is 0 Å². The van der Waals surface area contributed by atoms with E-state index < -0.39 is 8.32 Å². The van der Waals surface area contributed by atoms with Gasteiger partial charge >= 0.3 is 0 Å². The van der Waals surface area contributed by atoms with Crippen molar-refractivity contribution in [2.75, 3.05) is 6.73 Å². The number of rotatable bonds is 10. The first kappa shape index (κ1) is 22.6. The van der Waals surface area contributed by atoms with E-state index in [9.17, 15) is 0 Å². The number of nitrogens with one attached hydrogen (secondary N) is 1. The summed E-state index contributed by atoms with van der Waals surface area (Å²) in [6.45, 7) is 16.4. The molecule has 0 bridgehead atoms. The second-order valence-corrected chi connectivity index (χ2v) is 13.4. The fourth-order valence-corrected chi connectivity index (χ4v) is 3.97. The Morgan fingerprint density at radius 3 is 2.11 bits per heavy atom. The van der Waals surface area contributed by atoms with Crippen LogP contribution >= 0.6 is 0 Å². The van der Waals surface area contributed by atoms with Gasteiger partial charge in [0.2, 0.25) is 0 Å². The van der Waals surface area contributed by atoms with Gasteiger partial charge < -0.3 is 9.16 Å². The standard InChI is InChI=1S/C24H35NO2Si/c1-7-22(25-19-26-18-20-14-10-8-11-15-20)23(21-16-12-9-13-17-21)27-28(5,6)24(2,3)4/h7-17,22-23,25H,1,18-19H2,2-6H3/t22-,23-/m1/s1. The predicted molar refractivity (Wildman–Crippen MR) is 121 cm³/mol. The molecule has 0 aromatic heterocycles. The molecule has 28 heavy (non-hydrogen) atoms. The van der Waals surface area contributed by atoms with Crippen molar-refractivity contribution in [2.24, 2.45) is 0 Å². The lowest BCUT2D eigenvalue weighted by molar-refractivity contribution is 0.0760. The zero-order valence-corrected chi connectivity index (χ0v) is 18.9. The highest BCUT2D eigenvalue weighted by atomic mass is 28.4. The Morgan fingerprint density at radius 1 is 1.00 bits per heavy atom. The van der Waals surface area contributed by atoms with Gasteiger partial charge in [-0.2, -0.15) is 0 Å². The molecular formula is C24H35NO2Si. The Kier molecular flexibility index (Phi) is 8.19. The Morgan fingerprint density at radius 2 is 1.57 bits per heavy atom. The number of ether oxygens (including phenoxy) is 1. The van der Waals surface area contributed by atoms with Gasteiger partial charge in [0.1, 0.15) is 0 Å². The van der Waals surface area contributed by atoms with Crippen molar-refractivity contribution >= 4 is 8.32 Å². The van der Waals surface area contributed by atoms with E-state index in [1.807, 2.05) is 30.3 Å². The van der Waals surface area contributed by atoms with Crippen LogP contribution in [0.3, 0.4) is 0 Å². The van der Waals surface area contributed by atoms with Gasteiger partial charge in [-0.3, -0.25) is 5.32 Å². The zero-order chi connectivity index (χ0) is 20.6. The third kappa shape index (κ3) is 6.42. The maximum absolute atomic E-state index is 6.81. The molecule has 0 aliphatic carbocycles. The first-order valence-corrected chi connectivity index (χ1v) is 12.9. The molecule has 0 saturated carbocycles. The number of benzene rings is 2. The number of hydrogen-bond donors (Lipinski definition) is 1. The molecule has 0 amide bonds. The van der Waals surface area contributed by atoms with Crippen LogP contribution in [0.1, 0.15) is 38.0 Å². The van der Waals surface area contributed by atoms with Crippen LogP contribution < -0.4 is 5.32 Å². The van der Waals surface area contributed by atoms with Gasteiger partial charge in [0, 0.05) is 0 Å². The van der Waals surface area contributed by atoms with E-state index in [4.69, 9.17) is 9.16 Å². The molecule has 0 heterocycles. The van der Waals surface area contributed by atoms with Crippen LogP contribution in [-0.4, -0.2) is 21.1 Å². The minimum atomic E-state index is -1.96. The van der Waals surface area contributed by atoms with Crippen LogP contribution in [0.5, 0.6) is 0 Å². The van der Waals surface area contributed by atoms with Crippen LogP contribution in [0, 0.1) is 0 Å². The molecule has 0 unspecified atom stereocenters. The van der Waals surface area contributed by atoms with Crippen LogP contribution in [0.25, 0.3) is 0 Å². The Bertz CT molecular complexity index is 710. The van der Waals surface area contributed by atoms with Gasteiger partial charge in [-0.1, -0.05) is 87.5 Å². The van der Waals surface area contributed by atoms with Crippen molar-refractivity contribution in [1.82, 2.24) is 5.32 Å². The molecule has 0 radical (unpaired) electrons. The molecule has 152 valence electrons. The summed E-state index contributed by atoms with van der Waals surface area (Å²) in [5.74, 6) is 0. The van der Waals surface area contributed by atoms with Crippen LogP contribution in [0.2, 0.25) is 18.1 Å². The molecule has 2 aromatic carbocycles. The Balaban J connectivity index is 2.08. The van der Waals surface area contributed by atoms with Crippen molar-refractivity contribution in [3.05, 3.63) is 84.4 Å². The molecule has 2 aromatic rings. The van der Waals surface area contributed by atoms with E-state index in [1.165, 1.54) is 0 Å². The minimum Gasteiger partial charge on any atom is -0.408 e. The Hall–Kier alpha value is -1.72. The van der Waals surface area contributed by atoms with Gasteiger partial charge in [0.25, 0.3) is 0 Å². The largest absolute Gasteiger partial charge is 0.408 e. The average Bonchev–Trinajstić information content (AvgIpc) is 2.67. The summed E-state index contributed by atoms with van der Waals surface area (Å²) < 4.78 is 12.6. The quantitative estimate of drug-likeness (QED) is 0.228. The fourth-order valence-electron chi connectivity index (χ4n) is 2.70. The number of hydrogen-bond acceptors (Lipinski definition) is 3. The maximum Gasteiger partial charge on any atom is 0.193 e. The highest BCUT2D eigenvalue weighted by molar-refractivity contribution is 6.74. The topological polar surface area (TPSA) is 30.5 Å². The van der Waals surface area contributed by atoms with Crippen molar-refractivity contribution in [3.63, 3.8) is 0 Å². The van der Waals surface area contributed by atoms with Crippen LogP contribution in [0.15, 0.2) is 73.3 Å². The summed E-state index contributed by atoms with van der Waals surface area (Å²) in [6, 6.07) is 20.6. The average molecular weight is 398 g/mol. The molecule has 0 aliphatic rings. The SMILES string of the molecule is C=C[C@@H](NCOCc1ccccc1)[C@H](O[Si](C)(C)C(C)(C)C)c1ccccc1. The third-order valence-electron chi connectivity index (χ3n) is 5.47. The van der Waals surface area contributed by atoms with E-state index in [1.54, 1.807) is 0 Å². The summed E-state index contributed by atoms with van der Waals surface area (Å²) in [5.41, 5.74) is 2.32. The van der Waals surface area contributed by atoms with E-state index in [0.29, 0.717) is 13.3 Å². The van der Waals surface area contributed by atoms with Crippen molar-refractivity contribution in [3.8, 4) is 0 Å². The lowest BCUT2D eigenvalue weighted by Crippen LogP contribution is -2.46. The first-order chi connectivity index (χ1) is 13.2. The van der Waals surface area contributed by atoms with Gasteiger partial charge in [-0.05, 0) is 29.3 Å². The zero-order valence-electron chi connectivity index (χ0n) is 17.9. The minimum absolute atomic E-state index is 0.0349. The molecular weight excluding hydrogens is 362 g/mol. The summed E-state index contributed by atoms with van der Waals surface area (Å²) in [6.07, 6.45) is 1.83. The summed E-state index contributed by atoms with van der Waals surface area (Å²) >= 11 is 0. The molecule has 0 aliphatic heterocycles. The molecule has 0 spiro atoms. The molecule has 0 saturated heterocycles. The lowest BCUT2D eigenvalue weighted by atomic mass is 10.0. The summed E-state index contributed by atoms with van der Waals surface area (Å²) in [5, 5.41) is 3.60. The van der Waals surface area contributed by atoms with Crippen molar-refractivity contribution < 1.29 is 9.16 Å². The first-order valence-electron chi connectivity index (χ1n) is 9.95. The Labute approximate surface area is 171 Å². The second-order valence-electron chi connectivity index (χ2n) is 8.65. The molecule has 3 nitrogen and oxygen atoms in total. The molecule has 2 atom stereocenters. The van der Waals surface area contributed by atoms with Gasteiger partial charge in [-0.25, -0.2) is 0 Å². The lowest BCUT2D eigenvalue weighted by Gasteiger charge is -2.41. The molecule has 0 fully saturated rings. The second kappa shape index (κ2) is 10.2. The highest BCUT2D eigenvalue weighted by Crippen LogP contribution is 2.40. The molecule has 2 rings (SSSR count). The normalized spacial score (nSPS) is 14.5. The maximum atomic E-state index is 6.81. The molecule has 1 N–H and O–H groups in total. The van der Waals surface area contributed by atoms with Crippen LogP contribution in [-0.2, 0) is 15.8 Å².